The van der Waals surface area contributed by atoms with E-state index in [2.05, 4.69) is 20.9 Å². The predicted octanol–water partition coefficient (Wildman–Crippen LogP) is 5.72. The van der Waals surface area contributed by atoms with E-state index >= 15 is 0 Å². The molecule has 4 aromatic rings. The van der Waals surface area contributed by atoms with Crippen molar-refractivity contribution in [1.29, 1.82) is 0 Å². The molecular formula is C25H22N4O4S. The maximum Gasteiger partial charge on any atom is 0.323 e. The molecule has 1 aromatic heterocycles. The van der Waals surface area contributed by atoms with Crippen LogP contribution in [0.1, 0.15) is 10.5 Å². The molecule has 3 N–H and O–H groups in total. The van der Waals surface area contributed by atoms with E-state index in [1.165, 1.54) is 11.3 Å². The fraction of sp³-hybridized carbons (Fsp3) is 0.0800. The lowest BCUT2D eigenvalue weighted by Gasteiger charge is -2.09. The Kier molecular flexibility index (Phi) is 7.04. The quantitative estimate of drug-likeness (QED) is 0.318. The number of hydrogen-bond acceptors (Lipinski definition) is 6. The lowest BCUT2D eigenvalue weighted by molar-refractivity contribution is 0.102. The summed E-state index contributed by atoms with van der Waals surface area (Å²) in [5.74, 6) is 0.883. The molecule has 0 bridgehead atoms. The minimum Gasteiger partial charge on any atom is -0.493 e. The van der Waals surface area contributed by atoms with Crippen LogP contribution < -0.4 is 25.4 Å². The number of amides is 3. The summed E-state index contributed by atoms with van der Waals surface area (Å²) in [6.45, 7) is 0. The summed E-state index contributed by atoms with van der Waals surface area (Å²) in [7, 11) is 3.14. The number of anilines is 3. The largest absolute Gasteiger partial charge is 0.493 e. The van der Waals surface area contributed by atoms with Crippen LogP contribution in [-0.4, -0.2) is 31.1 Å². The lowest BCUT2D eigenvalue weighted by Crippen LogP contribution is -2.19. The summed E-state index contributed by atoms with van der Waals surface area (Å²) >= 11 is 1.36. The van der Waals surface area contributed by atoms with Crippen LogP contribution in [-0.2, 0) is 0 Å². The first kappa shape index (κ1) is 22.8. The number of hydrogen-bond donors (Lipinski definition) is 3. The van der Waals surface area contributed by atoms with Gasteiger partial charge in [0.15, 0.2) is 11.5 Å². The van der Waals surface area contributed by atoms with Crippen molar-refractivity contribution < 1.29 is 19.1 Å². The average molecular weight is 475 g/mol. The molecule has 4 rings (SSSR count). The van der Waals surface area contributed by atoms with Crippen LogP contribution in [0, 0.1) is 0 Å². The molecule has 0 radical (unpaired) electrons. The van der Waals surface area contributed by atoms with E-state index < -0.39 is 0 Å². The topological polar surface area (TPSA) is 102 Å². The molecule has 9 heteroatoms. The number of benzene rings is 3. The van der Waals surface area contributed by atoms with Crippen molar-refractivity contribution in [2.24, 2.45) is 0 Å². The first-order valence-corrected chi connectivity index (χ1v) is 11.2. The van der Waals surface area contributed by atoms with E-state index in [0.29, 0.717) is 39.3 Å². The number of methoxy groups -OCH3 is 2. The fourth-order valence-electron chi connectivity index (χ4n) is 3.13. The molecule has 0 unspecified atom stereocenters. The molecule has 0 aliphatic carbocycles. The molecule has 0 spiro atoms. The summed E-state index contributed by atoms with van der Waals surface area (Å²) in [6, 6.07) is 21.1. The Morgan fingerprint density at radius 2 is 1.38 bits per heavy atom. The molecule has 0 fully saturated rings. The van der Waals surface area contributed by atoms with Crippen LogP contribution in [0.5, 0.6) is 11.5 Å². The molecule has 0 saturated heterocycles. The molecule has 1 heterocycles. The first-order chi connectivity index (χ1) is 16.6. The third-order valence-electron chi connectivity index (χ3n) is 4.80. The Bertz CT molecular complexity index is 1290. The maximum atomic E-state index is 12.7. The minimum absolute atomic E-state index is 0.305. The second kappa shape index (κ2) is 10.5. The maximum absolute atomic E-state index is 12.7. The number of para-hydroxylation sites is 1. The molecule has 3 amide bonds. The summed E-state index contributed by atoms with van der Waals surface area (Å²) in [6.07, 6.45) is 0. The van der Waals surface area contributed by atoms with Gasteiger partial charge in [-0.05, 0) is 54.6 Å². The van der Waals surface area contributed by atoms with Gasteiger partial charge in [0, 0.05) is 28.0 Å². The van der Waals surface area contributed by atoms with Crippen molar-refractivity contribution in [3.8, 4) is 22.1 Å². The van der Waals surface area contributed by atoms with Crippen LogP contribution in [0.2, 0.25) is 0 Å². The number of urea groups is 1. The van der Waals surface area contributed by atoms with Crippen LogP contribution >= 0.6 is 11.3 Å². The van der Waals surface area contributed by atoms with Gasteiger partial charge in [0.05, 0.1) is 14.2 Å². The fourth-order valence-corrected chi connectivity index (χ4v) is 3.92. The number of carbonyl (C=O) groups is 2. The van der Waals surface area contributed by atoms with Gasteiger partial charge in [-0.25, -0.2) is 9.78 Å². The summed E-state index contributed by atoms with van der Waals surface area (Å²) in [4.78, 5) is 29.2. The standard InChI is InChI=1S/C25H22N4O4S/c1-32-21-13-8-16(14-22(21)33-2)24-29-20(15-34-24)23(30)26-18-9-11-19(12-10-18)28-25(31)27-17-6-4-3-5-7-17/h3-15H,1-2H3,(H,26,30)(H2,27,28,31). The molecule has 0 saturated carbocycles. The number of nitrogens with one attached hydrogen (secondary N) is 3. The SMILES string of the molecule is COc1ccc(-c2nc(C(=O)Nc3ccc(NC(=O)Nc4ccccc4)cc3)cs2)cc1OC. The molecule has 0 aliphatic heterocycles. The zero-order valence-electron chi connectivity index (χ0n) is 18.5. The van der Waals surface area contributed by atoms with E-state index in [9.17, 15) is 9.59 Å². The van der Waals surface area contributed by atoms with Gasteiger partial charge in [-0.3, -0.25) is 4.79 Å². The number of thiazole rings is 1. The molecule has 34 heavy (non-hydrogen) atoms. The predicted molar refractivity (Wildman–Crippen MR) is 134 cm³/mol. The number of carbonyl (C=O) groups excluding carboxylic acids is 2. The van der Waals surface area contributed by atoms with Gasteiger partial charge in [-0.15, -0.1) is 11.3 Å². The average Bonchev–Trinajstić information content (AvgIpc) is 3.36. The van der Waals surface area contributed by atoms with Gasteiger partial charge in [0.2, 0.25) is 0 Å². The molecule has 8 nitrogen and oxygen atoms in total. The van der Waals surface area contributed by atoms with Crippen molar-refractivity contribution in [2.45, 2.75) is 0 Å². The normalized spacial score (nSPS) is 10.3. The highest BCUT2D eigenvalue weighted by molar-refractivity contribution is 7.13. The van der Waals surface area contributed by atoms with Crippen molar-refractivity contribution in [2.75, 3.05) is 30.2 Å². The van der Waals surface area contributed by atoms with Gasteiger partial charge in [0.1, 0.15) is 10.7 Å². The van der Waals surface area contributed by atoms with Gasteiger partial charge in [-0.2, -0.15) is 0 Å². The lowest BCUT2D eigenvalue weighted by atomic mass is 10.2. The number of rotatable bonds is 7. The summed E-state index contributed by atoms with van der Waals surface area (Å²) < 4.78 is 10.6. The van der Waals surface area contributed by atoms with E-state index in [4.69, 9.17) is 9.47 Å². The number of ether oxygens (including phenoxy) is 2. The van der Waals surface area contributed by atoms with E-state index in [-0.39, 0.29) is 11.9 Å². The van der Waals surface area contributed by atoms with Crippen molar-refractivity contribution in [3.63, 3.8) is 0 Å². The molecule has 0 atom stereocenters. The zero-order valence-corrected chi connectivity index (χ0v) is 19.3. The summed E-state index contributed by atoms with van der Waals surface area (Å²) in [5.41, 5.74) is 3.00. The van der Waals surface area contributed by atoms with Crippen molar-refractivity contribution >= 4 is 40.3 Å². The molecule has 3 aromatic carbocycles. The van der Waals surface area contributed by atoms with Crippen LogP contribution in [0.15, 0.2) is 78.2 Å². The Morgan fingerprint density at radius 3 is 2.03 bits per heavy atom. The Balaban J connectivity index is 1.37. The third-order valence-corrected chi connectivity index (χ3v) is 5.69. The Labute approximate surface area is 200 Å². The highest BCUT2D eigenvalue weighted by Crippen LogP contribution is 2.33. The molecule has 172 valence electrons. The van der Waals surface area contributed by atoms with E-state index in [0.717, 1.165) is 5.56 Å². The molecule has 0 aliphatic rings. The van der Waals surface area contributed by atoms with Gasteiger partial charge >= 0.3 is 6.03 Å². The first-order valence-electron chi connectivity index (χ1n) is 10.3. The van der Waals surface area contributed by atoms with Crippen LogP contribution in [0.25, 0.3) is 10.6 Å². The minimum atomic E-state index is -0.354. The smallest absolute Gasteiger partial charge is 0.323 e. The second-order valence-corrected chi connectivity index (χ2v) is 7.94. The highest BCUT2D eigenvalue weighted by atomic mass is 32.1. The second-order valence-electron chi connectivity index (χ2n) is 7.08. The van der Waals surface area contributed by atoms with Crippen LogP contribution in [0.3, 0.4) is 0 Å². The van der Waals surface area contributed by atoms with Crippen molar-refractivity contribution in [3.05, 3.63) is 83.9 Å². The van der Waals surface area contributed by atoms with Crippen molar-refractivity contribution in [1.82, 2.24) is 4.98 Å². The van der Waals surface area contributed by atoms with Gasteiger partial charge < -0.3 is 25.4 Å². The monoisotopic (exact) mass is 474 g/mol. The van der Waals surface area contributed by atoms with Gasteiger partial charge in [-0.1, -0.05) is 18.2 Å². The zero-order chi connectivity index (χ0) is 23.9. The number of aromatic nitrogens is 1. The highest BCUT2D eigenvalue weighted by Gasteiger charge is 2.14. The number of nitrogens with zero attached hydrogens (tertiary/aromatic N) is 1. The Hall–Kier alpha value is -4.37. The molecular weight excluding hydrogens is 452 g/mol. The van der Waals surface area contributed by atoms with E-state index in [1.807, 2.05) is 30.3 Å². The van der Waals surface area contributed by atoms with Crippen LogP contribution in [0.4, 0.5) is 21.9 Å². The van der Waals surface area contributed by atoms with E-state index in [1.54, 1.807) is 62.1 Å². The van der Waals surface area contributed by atoms with Gasteiger partial charge in [0.25, 0.3) is 5.91 Å². The Morgan fingerprint density at radius 1 is 0.765 bits per heavy atom. The third kappa shape index (κ3) is 5.51. The summed E-state index contributed by atoms with van der Waals surface area (Å²) in [5, 5.41) is 10.7.